The molecule has 0 spiro atoms. The van der Waals surface area contributed by atoms with Gasteiger partial charge in [0.25, 0.3) is 0 Å². The molecule has 4 heteroatoms. The van der Waals surface area contributed by atoms with Crippen molar-refractivity contribution in [3.05, 3.63) is 16.9 Å². The first-order valence-electron chi connectivity index (χ1n) is 6.64. The van der Waals surface area contributed by atoms with E-state index in [2.05, 4.69) is 22.0 Å². The zero-order valence-electron chi connectivity index (χ0n) is 10.7. The van der Waals surface area contributed by atoms with Gasteiger partial charge in [0.05, 0.1) is 23.0 Å². The van der Waals surface area contributed by atoms with E-state index in [9.17, 15) is 0 Å². The van der Waals surface area contributed by atoms with Crippen LogP contribution in [0.2, 0.25) is 5.02 Å². The Labute approximate surface area is 109 Å². The molecule has 0 amide bonds. The first kappa shape index (κ1) is 12.9. The van der Waals surface area contributed by atoms with Crippen LogP contribution in [0.25, 0.3) is 0 Å². The lowest BCUT2D eigenvalue weighted by Gasteiger charge is -2.30. The number of rotatable bonds is 6. The van der Waals surface area contributed by atoms with Crippen molar-refractivity contribution in [2.75, 3.05) is 7.05 Å². The lowest BCUT2D eigenvalue weighted by Crippen LogP contribution is -2.25. The van der Waals surface area contributed by atoms with Crippen LogP contribution in [-0.4, -0.2) is 16.8 Å². The number of hydrogen-bond acceptors (Lipinski definition) is 2. The van der Waals surface area contributed by atoms with Gasteiger partial charge in [-0.05, 0) is 25.8 Å². The highest BCUT2D eigenvalue weighted by Crippen LogP contribution is 2.36. The minimum absolute atomic E-state index is 0.349. The Hall–Kier alpha value is -0.540. The summed E-state index contributed by atoms with van der Waals surface area (Å²) in [6.07, 6.45) is 8.19. The second-order valence-electron chi connectivity index (χ2n) is 4.97. The van der Waals surface area contributed by atoms with E-state index in [4.69, 9.17) is 11.6 Å². The zero-order chi connectivity index (χ0) is 12.3. The third-order valence-corrected chi connectivity index (χ3v) is 4.03. The van der Waals surface area contributed by atoms with Crippen molar-refractivity contribution in [3.8, 4) is 0 Å². The average molecular weight is 256 g/mol. The maximum Gasteiger partial charge on any atom is 0.0834 e. The number of halogens is 1. The van der Waals surface area contributed by atoms with Crippen molar-refractivity contribution >= 4 is 11.6 Å². The van der Waals surface area contributed by atoms with Gasteiger partial charge in [0.2, 0.25) is 0 Å². The van der Waals surface area contributed by atoms with E-state index in [1.165, 1.54) is 31.4 Å². The van der Waals surface area contributed by atoms with Gasteiger partial charge in [0.1, 0.15) is 0 Å². The Morgan fingerprint density at radius 3 is 2.88 bits per heavy atom. The molecule has 0 radical (unpaired) electrons. The lowest BCUT2D eigenvalue weighted by molar-refractivity contribution is 0.260. The monoisotopic (exact) mass is 255 g/mol. The van der Waals surface area contributed by atoms with Gasteiger partial charge in [-0.15, -0.1) is 0 Å². The summed E-state index contributed by atoms with van der Waals surface area (Å²) < 4.78 is 2.06. The summed E-state index contributed by atoms with van der Waals surface area (Å²) in [6.45, 7) is 3.12. The Kier molecular flexibility index (Phi) is 4.46. The van der Waals surface area contributed by atoms with Gasteiger partial charge in [0.15, 0.2) is 0 Å². The number of aryl methyl sites for hydroxylation is 1. The van der Waals surface area contributed by atoms with E-state index in [0.29, 0.717) is 6.04 Å². The third kappa shape index (κ3) is 2.83. The summed E-state index contributed by atoms with van der Waals surface area (Å²) in [5.41, 5.74) is 1.17. The number of nitrogens with zero attached hydrogens (tertiary/aromatic N) is 2. The fraction of sp³-hybridized carbons (Fsp3) is 0.769. The Balaban J connectivity index is 2.12. The molecule has 0 saturated heterocycles. The molecule has 1 N–H and O–H groups in total. The highest BCUT2D eigenvalue weighted by molar-refractivity contribution is 6.31. The smallest absolute Gasteiger partial charge is 0.0834 e. The number of hydrogen-bond donors (Lipinski definition) is 1. The fourth-order valence-corrected chi connectivity index (χ4v) is 2.81. The number of aromatic nitrogens is 2. The minimum Gasteiger partial charge on any atom is -0.312 e. The van der Waals surface area contributed by atoms with Crippen LogP contribution < -0.4 is 5.32 Å². The molecule has 1 heterocycles. The first-order valence-corrected chi connectivity index (χ1v) is 7.02. The predicted octanol–water partition coefficient (Wildman–Crippen LogP) is 3.40. The van der Waals surface area contributed by atoms with Crippen molar-refractivity contribution in [2.45, 2.75) is 51.6 Å². The molecule has 17 heavy (non-hydrogen) atoms. The van der Waals surface area contributed by atoms with E-state index in [-0.39, 0.29) is 0 Å². The van der Waals surface area contributed by atoms with Gasteiger partial charge < -0.3 is 5.32 Å². The standard InChI is InChI=1S/C13H22ClN3/c1-3-7-17-13(11(14)9-16-17)12(15-2)8-10-5-4-6-10/h9-10,12,15H,3-8H2,1-2H3. The largest absolute Gasteiger partial charge is 0.312 e. The summed E-state index contributed by atoms with van der Waals surface area (Å²) in [5, 5.41) is 8.57. The lowest BCUT2D eigenvalue weighted by atomic mass is 9.80. The predicted molar refractivity (Wildman–Crippen MR) is 71.3 cm³/mol. The van der Waals surface area contributed by atoms with Crippen LogP contribution in [0.3, 0.4) is 0 Å². The van der Waals surface area contributed by atoms with Crippen molar-refractivity contribution in [1.29, 1.82) is 0 Å². The maximum absolute atomic E-state index is 6.28. The molecule has 1 saturated carbocycles. The fourth-order valence-electron chi connectivity index (χ4n) is 2.54. The van der Waals surface area contributed by atoms with Crippen LogP contribution in [0.15, 0.2) is 6.20 Å². The van der Waals surface area contributed by atoms with Gasteiger partial charge in [-0.3, -0.25) is 4.68 Å². The highest BCUT2D eigenvalue weighted by atomic mass is 35.5. The van der Waals surface area contributed by atoms with Gasteiger partial charge in [-0.2, -0.15) is 5.10 Å². The van der Waals surface area contributed by atoms with Gasteiger partial charge in [-0.1, -0.05) is 37.8 Å². The maximum atomic E-state index is 6.28. The van der Waals surface area contributed by atoms with E-state index in [0.717, 1.165) is 23.9 Å². The van der Waals surface area contributed by atoms with E-state index in [1.807, 2.05) is 7.05 Å². The summed E-state index contributed by atoms with van der Waals surface area (Å²) in [4.78, 5) is 0. The molecular weight excluding hydrogens is 234 g/mol. The summed E-state index contributed by atoms with van der Waals surface area (Å²) in [7, 11) is 2.02. The molecule has 1 unspecified atom stereocenters. The summed E-state index contributed by atoms with van der Waals surface area (Å²) in [5.74, 6) is 0.869. The SMILES string of the molecule is CCCn1ncc(Cl)c1C(CC1CCC1)NC. The molecule has 1 aliphatic carbocycles. The first-order chi connectivity index (χ1) is 8.26. The average Bonchev–Trinajstić information content (AvgIpc) is 2.61. The molecule has 1 aromatic rings. The van der Waals surface area contributed by atoms with E-state index >= 15 is 0 Å². The molecule has 1 aliphatic rings. The molecule has 1 fully saturated rings. The van der Waals surface area contributed by atoms with Gasteiger partial charge >= 0.3 is 0 Å². The molecular formula is C13H22ClN3. The van der Waals surface area contributed by atoms with Crippen molar-refractivity contribution in [3.63, 3.8) is 0 Å². The van der Waals surface area contributed by atoms with E-state index < -0.39 is 0 Å². The van der Waals surface area contributed by atoms with E-state index in [1.54, 1.807) is 6.20 Å². The van der Waals surface area contributed by atoms with Crippen molar-refractivity contribution in [2.24, 2.45) is 5.92 Å². The molecule has 0 aromatic carbocycles. The van der Waals surface area contributed by atoms with Crippen LogP contribution in [-0.2, 0) is 6.54 Å². The second-order valence-corrected chi connectivity index (χ2v) is 5.38. The molecule has 0 aliphatic heterocycles. The quantitative estimate of drug-likeness (QED) is 0.844. The highest BCUT2D eigenvalue weighted by Gasteiger charge is 2.25. The van der Waals surface area contributed by atoms with Crippen LogP contribution in [0.5, 0.6) is 0 Å². The van der Waals surface area contributed by atoms with Crippen molar-refractivity contribution < 1.29 is 0 Å². The molecule has 96 valence electrons. The summed E-state index contributed by atoms with van der Waals surface area (Å²) >= 11 is 6.28. The van der Waals surface area contributed by atoms with Crippen LogP contribution in [0, 0.1) is 5.92 Å². The van der Waals surface area contributed by atoms with Crippen LogP contribution >= 0.6 is 11.6 Å². The Morgan fingerprint density at radius 1 is 1.59 bits per heavy atom. The molecule has 2 rings (SSSR count). The van der Waals surface area contributed by atoms with Crippen LogP contribution in [0.1, 0.15) is 50.8 Å². The minimum atomic E-state index is 0.349. The topological polar surface area (TPSA) is 29.9 Å². The molecule has 1 atom stereocenters. The normalized spacial score (nSPS) is 18.1. The zero-order valence-corrected chi connectivity index (χ0v) is 11.5. The summed E-state index contributed by atoms with van der Waals surface area (Å²) in [6, 6.07) is 0.349. The van der Waals surface area contributed by atoms with Gasteiger partial charge in [-0.25, -0.2) is 0 Å². The second kappa shape index (κ2) is 5.87. The number of nitrogens with one attached hydrogen (secondary N) is 1. The molecule has 3 nitrogen and oxygen atoms in total. The van der Waals surface area contributed by atoms with Crippen LogP contribution in [0.4, 0.5) is 0 Å². The van der Waals surface area contributed by atoms with Crippen molar-refractivity contribution in [1.82, 2.24) is 15.1 Å². The third-order valence-electron chi connectivity index (χ3n) is 3.74. The molecule has 1 aromatic heterocycles. The Bertz CT molecular complexity index is 358. The van der Waals surface area contributed by atoms with Gasteiger partial charge in [0, 0.05) is 6.54 Å². The molecule has 0 bridgehead atoms. The Morgan fingerprint density at radius 2 is 2.35 bits per heavy atom.